The van der Waals surface area contributed by atoms with Crippen molar-refractivity contribution in [3.05, 3.63) is 76.2 Å². The number of benzene rings is 2. The van der Waals surface area contributed by atoms with Gasteiger partial charge in [-0.2, -0.15) is 0 Å². The van der Waals surface area contributed by atoms with Gasteiger partial charge in [-0.15, -0.1) is 0 Å². The Bertz CT molecular complexity index is 1070. The SMILES string of the molecule is Cc1ccc(C=CC(=O)Oc2ccc(C=C3SC(=S)N(C4CCCCC4)C3=O)cc2)cc1. The van der Waals surface area contributed by atoms with E-state index in [1.165, 1.54) is 29.8 Å². The number of thioether (sulfide) groups is 1. The molecule has 4 nitrogen and oxygen atoms in total. The second-order valence-corrected chi connectivity index (χ2v) is 9.75. The number of carbonyl (C=O) groups is 2. The highest BCUT2D eigenvalue weighted by Crippen LogP contribution is 2.37. The average Bonchev–Trinajstić information content (AvgIpc) is 3.08. The van der Waals surface area contributed by atoms with E-state index in [9.17, 15) is 9.59 Å². The van der Waals surface area contributed by atoms with Crippen LogP contribution in [0.25, 0.3) is 12.2 Å². The number of nitrogens with zero attached hydrogens (tertiary/aromatic N) is 1. The Morgan fingerprint density at radius 3 is 2.38 bits per heavy atom. The van der Waals surface area contributed by atoms with Crippen LogP contribution in [-0.4, -0.2) is 27.1 Å². The molecule has 2 aliphatic rings. The Kier molecular flexibility index (Phi) is 7.22. The molecule has 0 N–H and O–H groups in total. The van der Waals surface area contributed by atoms with Crippen LogP contribution >= 0.6 is 24.0 Å². The van der Waals surface area contributed by atoms with Crippen molar-refractivity contribution in [3.63, 3.8) is 0 Å². The molecule has 0 unspecified atom stereocenters. The molecule has 164 valence electrons. The first-order chi connectivity index (χ1) is 15.5. The fraction of sp³-hybridized carbons (Fsp3) is 0.269. The van der Waals surface area contributed by atoms with Gasteiger partial charge in [0.25, 0.3) is 5.91 Å². The molecule has 1 heterocycles. The molecule has 0 radical (unpaired) electrons. The summed E-state index contributed by atoms with van der Waals surface area (Å²) in [6.45, 7) is 2.02. The van der Waals surface area contributed by atoms with Crippen molar-refractivity contribution in [2.24, 2.45) is 0 Å². The van der Waals surface area contributed by atoms with E-state index in [0.717, 1.165) is 36.8 Å². The van der Waals surface area contributed by atoms with Gasteiger partial charge in [0.15, 0.2) is 0 Å². The third-order valence-electron chi connectivity index (χ3n) is 5.65. The quantitative estimate of drug-likeness (QED) is 0.230. The Morgan fingerprint density at radius 2 is 1.69 bits per heavy atom. The van der Waals surface area contributed by atoms with Crippen molar-refractivity contribution in [1.82, 2.24) is 4.90 Å². The minimum Gasteiger partial charge on any atom is -0.423 e. The van der Waals surface area contributed by atoms with Gasteiger partial charge in [-0.1, -0.05) is 85.2 Å². The summed E-state index contributed by atoms with van der Waals surface area (Å²) in [4.78, 5) is 27.5. The highest BCUT2D eigenvalue weighted by molar-refractivity contribution is 8.26. The lowest BCUT2D eigenvalue weighted by atomic mass is 9.94. The Labute approximate surface area is 198 Å². The number of rotatable bonds is 5. The van der Waals surface area contributed by atoms with Crippen LogP contribution in [0.2, 0.25) is 0 Å². The van der Waals surface area contributed by atoms with Crippen LogP contribution in [0.4, 0.5) is 0 Å². The van der Waals surface area contributed by atoms with Crippen LogP contribution in [0.3, 0.4) is 0 Å². The summed E-state index contributed by atoms with van der Waals surface area (Å²) in [5.41, 5.74) is 2.97. The van der Waals surface area contributed by atoms with Gasteiger partial charge in [-0.05, 0) is 55.2 Å². The first kappa shape index (κ1) is 22.5. The standard InChI is InChI=1S/C26H25NO3S2/c1-18-7-9-19(10-8-18)13-16-24(28)30-22-14-11-20(12-15-22)17-23-25(29)27(26(31)32-23)21-5-3-2-4-6-21/h7-17,21H,2-6H2,1H3. The molecule has 4 rings (SSSR count). The number of esters is 1. The van der Waals surface area contributed by atoms with Crippen LogP contribution in [0.1, 0.15) is 48.8 Å². The summed E-state index contributed by atoms with van der Waals surface area (Å²) in [5.74, 6) is 0.0192. The fourth-order valence-electron chi connectivity index (χ4n) is 3.91. The summed E-state index contributed by atoms with van der Waals surface area (Å²) in [6, 6.07) is 15.2. The van der Waals surface area contributed by atoms with E-state index in [4.69, 9.17) is 17.0 Å². The highest BCUT2D eigenvalue weighted by atomic mass is 32.2. The summed E-state index contributed by atoms with van der Waals surface area (Å²) >= 11 is 6.85. The Hall–Kier alpha value is -2.70. The van der Waals surface area contributed by atoms with E-state index >= 15 is 0 Å². The van der Waals surface area contributed by atoms with Crippen molar-refractivity contribution in [2.45, 2.75) is 45.1 Å². The number of carbonyl (C=O) groups excluding carboxylic acids is 2. The molecule has 0 atom stereocenters. The van der Waals surface area contributed by atoms with Crippen LogP contribution in [0.15, 0.2) is 59.5 Å². The molecule has 2 aromatic rings. The monoisotopic (exact) mass is 463 g/mol. The van der Waals surface area contributed by atoms with Gasteiger partial charge < -0.3 is 4.74 Å². The normalized spacial score (nSPS) is 18.7. The van der Waals surface area contributed by atoms with E-state index in [1.54, 1.807) is 18.2 Å². The van der Waals surface area contributed by atoms with E-state index in [-0.39, 0.29) is 11.9 Å². The largest absolute Gasteiger partial charge is 0.423 e. The lowest BCUT2D eigenvalue weighted by molar-refractivity contribution is -0.129. The third-order valence-corrected chi connectivity index (χ3v) is 6.98. The molecule has 0 spiro atoms. The van der Waals surface area contributed by atoms with Crippen LogP contribution < -0.4 is 4.74 Å². The molecule has 1 saturated heterocycles. The number of thiocarbonyl (C=S) groups is 1. The zero-order chi connectivity index (χ0) is 22.5. The third kappa shape index (κ3) is 5.56. The molecule has 0 bridgehead atoms. The van der Waals surface area contributed by atoms with Gasteiger partial charge in [0.2, 0.25) is 0 Å². The molecule has 1 saturated carbocycles. The molecule has 1 aliphatic carbocycles. The highest BCUT2D eigenvalue weighted by Gasteiger charge is 2.37. The molecular weight excluding hydrogens is 438 g/mol. The molecule has 32 heavy (non-hydrogen) atoms. The minimum absolute atomic E-state index is 0.00338. The summed E-state index contributed by atoms with van der Waals surface area (Å²) in [6.07, 6.45) is 10.6. The molecule has 1 amide bonds. The zero-order valence-corrected chi connectivity index (χ0v) is 19.6. The van der Waals surface area contributed by atoms with Crippen molar-refractivity contribution in [3.8, 4) is 5.75 Å². The Morgan fingerprint density at radius 1 is 1.03 bits per heavy atom. The molecule has 0 aromatic heterocycles. The second kappa shape index (κ2) is 10.3. The number of aryl methyl sites for hydroxylation is 1. The molecule has 1 aliphatic heterocycles. The molecule has 2 fully saturated rings. The smallest absolute Gasteiger partial charge is 0.336 e. The van der Waals surface area contributed by atoms with Gasteiger partial charge >= 0.3 is 5.97 Å². The lowest BCUT2D eigenvalue weighted by Gasteiger charge is -2.29. The van der Waals surface area contributed by atoms with Gasteiger partial charge in [0.1, 0.15) is 10.1 Å². The van der Waals surface area contributed by atoms with Gasteiger partial charge in [-0.25, -0.2) is 4.79 Å². The van der Waals surface area contributed by atoms with Crippen molar-refractivity contribution < 1.29 is 14.3 Å². The average molecular weight is 464 g/mol. The molecule has 6 heteroatoms. The van der Waals surface area contributed by atoms with Gasteiger partial charge in [0.05, 0.1) is 4.91 Å². The van der Waals surface area contributed by atoms with Crippen LogP contribution in [-0.2, 0) is 9.59 Å². The number of hydrogen-bond acceptors (Lipinski definition) is 5. The summed E-state index contributed by atoms with van der Waals surface area (Å²) < 4.78 is 6.02. The molecular formula is C26H25NO3S2. The molecule has 2 aromatic carbocycles. The van der Waals surface area contributed by atoms with Crippen LogP contribution in [0, 0.1) is 6.92 Å². The van der Waals surface area contributed by atoms with Crippen molar-refractivity contribution in [1.29, 1.82) is 0 Å². The zero-order valence-electron chi connectivity index (χ0n) is 18.0. The summed E-state index contributed by atoms with van der Waals surface area (Å²) in [5, 5.41) is 0. The first-order valence-electron chi connectivity index (χ1n) is 10.8. The Balaban J connectivity index is 1.37. The maximum absolute atomic E-state index is 12.9. The second-order valence-electron chi connectivity index (χ2n) is 8.08. The fourth-order valence-corrected chi connectivity index (χ4v) is 5.31. The number of amides is 1. The maximum atomic E-state index is 12.9. The van der Waals surface area contributed by atoms with Crippen molar-refractivity contribution >= 4 is 52.3 Å². The van der Waals surface area contributed by atoms with Crippen molar-refractivity contribution in [2.75, 3.05) is 0 Å². The van der Waals surface area contributed by atoms with Crippen LogP contribution in [0.5, 0.6) is 5.75 Å². The van der Waals surface area contributed by atoms with Gasteiger partial charge in [0, 0.05) is 12.1 Å². The van der Waals surface area contributed by atoms with E-state index in [1.807, 2.05) is 54.3 Å². The maximum Gasteiger partial charge on any atom is 0.336 e. The number of hydrogen-bond donors (Lipinski definition) is 0. The van der Waals surface area contributed by atoms with E-state index in [2.05, 4.69) is 0 Å². The summed E-state index contributed by atoms with van der Waals surface area (Å²) in [7, 11) is 0. The van der Waals surface area contributed by atoms with E-state index < -0.39 is 5.97 Å². The minimum atomic E-state index is -0.438. The predicted octanol–water partition coefficient (Wildman–Crippen LogP) is 6.15. The topological polar surface area (TPSA) is 46.6 Å². The predicted molar refractivity (Wildman–Crippen MR) is 134 cm³/mol. The first-order valence-corrected chi connectivity index (χ1v) is 12.1. The van der Waals surface area contributed by atoms with Gasteiger partial charge in [-0.3, -0.25) is 9.69 Å². The van der Waals surface area contributed by atoms with E-state index in [0.29, 0.717) is 15.0 Å². The number of ether oxygens (including phenoxy) is 1. The lowest BCUT2D eigenvalue weighted by Crippen LogP contribution is -2.39.